The maximum Gasteiger partial charge on any atom is 0.278 e. The van der Waals surface area contributed by atoms with Crippen molar-refractivity contribution in [3.63, 3.8) is 0 Å². The van der Waals surface area contributed by atoms with Crippen LogP contribution >= 0.6 is 11.6 Å². The Balaban J connectivity index is 2.17. The highest BCUT2D eigenvalue weighted by atomic mass is 35.5. The summed E-state index contributed by atoms with van der Waals surface area (Å²) in [7, 11) is -3.77. The summed E-state index contributed by atoms with van der Waals surface area (Å²) >= 11 is 5.94. The van der Waals surface area contributed by atoms with Gasteiger partial charge < -0.3 is 0 Å². The second-order valence-corrected chi connectivity index (χ2v) is 8.15. The van der Waals surface area contributed by atoms with Crippen molar-refractivity contribution in [2.75, 3.05) is 17.1 Å². The van der Waals surface area contributed by atoms with Crippen LogP contribution in [0.25, 0.3) is 0 Å². The summed E-state index contributed by atoms with van der Waals surface area (Å²) < 4.78 is 25.2. The molecule has 11 heteroatoms. The van der Waals surface area contributed by atoms with Gasteiger partial charge in [-0.1, -0.05) is 29.8 Å². The summed E-state index contributed by atoms with van der Waals surface area (Å²) in [5.41, 5.74) is 3.08. The van der Waals surface area contributed by atoms with Crippen LogP contribution in [0.5, 0.6) is 0 Å². The lowest BCUT2D eigenvalue weighted by molar-refractivity contribution is -0.385. The molecule has 0 spiro atoms. The Hall–Kier alpha value is -2.98. The summed E-state index contributed by atoms with van der Waals surface area (Å²) in [6, 6.07) is 10.6. The molecule has 148 valence electrons. The van der Waals surface area contributed by atoms with Gasteiger partial charge >= 0.3 is 0 Å². The molecule has 0 aliphatic heterocycles. The molecule has 0 unspecified atom stereocenters. The minimum absolute atomic E-state index is 0.173. The molecule has 1 amide bonds. The first kappa shape index (κ1) is 21.3. The third-order valence-electron chi connectivity index (χ3n) is 3.65. The number of sulfonamides is 1. The topological polar surface area (TPSA) is 122 Å². The number of nitro groups is 1. The van der Waals surface area contributed by atoms with Crippen molar-refractivity contribution in [3.05, 3.63) is 68.7 Å². The number of aryl methyl sites for hydroxylation is 1. The number of amides is 1. The Kier molecular flexibility index (Phi) is 6.71. The number of nitrogens with one attached hydrogen (secondary N) is 1. The molecule has 2 rings (SSSR count). The van der Waals surface area contributed by atoms with Crippen LogP contribution in [0.4, 0.5) is 11.4 Å². The first-order valence-electron chi connectivity index (χ1n) is 7.89. The molecule has 0 saturated heterocycles. The zero-order valence-electron chi connectivity index (χ0n) is 15.0. The van der Waals surface area contributed by atoms with Gasteiger partial charge in [-0.25, -0.2) is 13.8 Å². The average molecular weight is 425 g/mol. The predicted octanol–water partition coefficient (Wildman–Crippen LogP) is 2.47. The standard InChI is InChI=1S/C17H17ClN4O5S/c1-12-7-8-14(18)9-16(12)21(28(2,26)27)11-17(23)20-19-10-13-5-3-4-6-15(13)22(24)25/h3-10H,11H2,1-2H3,(H,20,23)/b19-10-. The fourth-order valence-corrected chi connectivity index (χ4v) is 3.41. The molecule has 0 aromatic heterocycles. The van der Waals surface area contributed by atoms with Gasteiger partial charge in [-0.2, -0.15) is 5.10 Å². The number of nitro benzene ring substituents is 1. The molecule has 0 fully saturated rings. The van der Waals surface area contributed by atoms with Crippen LogP contribution in [-0.2, 0) is 14.8 Å². The highest BCUT2D eigenvalue weighted by Gasteiger charge is 2.22. The summed E-state index contributed by atoms with van der Waals surface area (Å²) in [5.74, 6) is -0.723. The van der Waals surface area contributed by atoms with E-state index in [1.54, 1.807) is 25.1 Å². The van der Waals surface area contributed by atoms with Gasteiger partial charge in [0.25, 0.3) is 11.6 Å². The summed E-state index contributed by atoms with van der Waals surface area (Å²) in [4.78, 5) is 22.6. The van der Waals surface area contributed by atoms with Gasteiger partial charge in [-0.05, 0) is 30.7 Å². The average Bonchev–Trinajstić information content (AvgIpc) is 2.61. The van der Waals surface area contributed by atoms with Gasteiger partial charge in [0, 0.05) is 11.1 Å². The van der Waals surface area contributed by atoms with E-state index >= 15 is 0 Å². The van der Waals surface area contributed by atoms with E-state index in [0.717, 1.165) is 16.8 Å². The molecule has 0 saturated carbocycles. The van der Waals surface area contributed by atoms with Crippen LogP contribution in [0.1, 0.15) is 11.1 Å². The Morgan fingerprint density at radius 3 is 2.64 bits per heavy atom. The number of nitrogens with zero attached hydrogens (tertiary/aromatic N) is 3. The van der Waals surface area contributed by atoms with Crippen LogP contribution in [0.3, 0.4) is 0 Å². The molecule has 0 heterocycles. The van der Waals surface area contributed by atoms with E-state index in [9.17, 15) is 23.3 Å². The van der Waals surface area contributed by atoms with Crippen molar-refractivity contribution in [1.82, 2.24) is 5.43 Å². The maximum absolute atomic E-state index is 12.2. The number of carbonyl (C=O) groups is 1. The summed E-state index contributed by atoms with van der Waals surface area (Å²) in [6.45, 7) is 1.16. The van der Waals surface area contributed by atoms with Crippen LogP contribution in [0.2, 0.25) is 5.02 Å². The lowest BCUT2D eigenvalue weighted by atomic mass is 10.2. The first-order chi connectivity index (χ1) is 13.1. The van der Waals surface area contributed by atoms with Gasteiger partial charge in [-0.3, -0.25) is 19.2 Å². The number of hydrazone groups is 1. The van der Waals surface area contributed by atoms with E-state index in [1.807, 2.05) is 0 Å². The van der Waals surface area contributed by atoms with E-state index in [-0.39, 0.29) is 16.9 Å². The minimum Gasteiger partial charge on any atom is -0.271 e. The molecular formula is C17H17ClN4O5S. The molecule has 0 aliphatic carbocycles. The Morgan fingerprint density at radius 2 is 2.00 bits per heavy atom. The molecular weight excluding hydrogens is 408 g/mol. The molecule has 28 heavy (non-hydrogen) atoms. The Morgan fingerprint density at radius 1 is 1.32 bits per heavy atom. The number of para-hydroxylation sites is 1. The van der Waals surface area contributed by atoms with Crippen molar-refractivity contribution in [3.8, 4) is 0 Å². The monoisotopic (exact) mass is 424 g/mol. The second-order valence-electron chi connectivity index (χ2n) is 5.81. The number of carbonyl (C=O) groups excluding carboxylic acids is 1. The number of halogens is 1. The van der Waals surface area contributed by atoms with Crippen LogP contribution in [0, 0.1) is 17.0 Å². The van der Waals surface area contributed by atoms with Crippen molar-refractivity contribution >= 4 is 45.1 Å². The van der Waals surface area contributed by atoms with Crippen LogP contribution in [0.15, 0.2) is 47.6 Å². The van der Waals surface area contributed by atoms with Gasteiger partial charge in [0.05, 0.1) is 28.6 Å². The van der Waals surface area contributed by atoms with E-state index < -0.39 is 27.4 Å². The lowest BCUT2D eigenvalue weighted by Gasteiger charge is -2.23. The number of hydrogen-bond acceptors (Lipinski definition) is 6. The lowest BCUT2D eigenvalue weighted by Crippen LogP contribution is -2.39. The normalized spacial score (nSPS) is 11.4. The van der Waals surface area contributed by atoms with Crippen molar-refractivity contribution in [1.29, 1.82) is 0 Å². The van der Waals surface area contributed by atoms with Gasteiger partial charge in [-0.15, -0.1) is 0 Å². The van der Waals surface area contributed by atoms with Crippen LogP contribution < -0.4 is 9.73 Å². The fourth-order valence-electron chi connectivity index (χ4n) is 2.33. The number of benzene rings is 2. The zero-order chi connectivity index (χ0) is 20.9. The van der Waals surface area contributed by atoms with E-state index in [2.05, 4.69) is 10.5 Å². The highest BCUT2D eigenvalue weighted by Crippen LogP contribution is 2.26. The molecule has 0 radical (unpaired) electrons. The Labute approximate surface area is 166 Å². The SMILES string of the molecule is Cc1ccc(Cl)cc1N(CC(=O)N/N=C\c1ccccc1[N+](=O)[O-])S(C)(=O)=O. The van der Waals surface area contributed by atoms with Gasteiger partial charge in [0.15, 0.2) is 0 Å². The molecule has 9 nitrogen and oxygen atoms in total. The molecule has 2 aromatic carbocycles. The predicted molar refractivity (Wildman–Crippen MR) is 107 cm³/mol. The van der Waals surface area contributed by atoms with Crippen LogP contribution in [-0.4, -0.2) is 38.3 Å². The largest absolute Gasteiger partial charge is 0.278 e. The molecule has 2 aromatic rings. The first-order valence-corrected chi connectivity index (χ1v) is 10.1. The number of rotatable bonds is 7. The third kappa shape index (κ3) is 5.51. The highest BCUT2D eigenvalue weighted by molar-refractivity contribution is 7.92. The minimum atomic E-state index is -3.77. The zero-order valence-corrected chi connectivity index (χ0v) is 16.6. The third-order valence-corrected chi connectivity index (χ3v) is 5.02. The number of hydrogen-bond donors (Lipinski definition) is 1. The van der Waals surface area contributed by atoms with Gasteiger partial charge in [0.2, 0.25) is 10.0 Å². The molecule has 0 atom stereocenters. The molecule has 0 aliphatic rings. The Bertz CT molecular complexity index is 1040. The molecule has 0 bridgehead atoms. The van der Waals surface area contributed by atoms with E-state index in [1.165, 1.54) is 24.3 Å². The van der Waals surface area contributed by atoms with Crippen molar-refractivity contribution in [2.45, 2.75) is 6.92 Å². The van der Waals surface area contributed by atoms with Crippen molar-refractivity contribution < 1.29 is 18.1 Å². The smallest absolute Gasteiger partial charge is 0.271 e. The maximum atomic E-state index is 12.2. The van der Waals surface area contributed by atoms with Crippen molar-refractivity contribution in [2.24, 2.45) is 5.10 Å². The van der Waals surface area contributed by atoms with Gasteiger partial charge in [0.1, 0.15) is 6.54 Å². The quantitative estimate of drug-likeness (QED) is 0.415. The molecule has 1 N–H and O–H groups in total. The van der Waals surface area contributed by atoms with E-state index in [4.69, 9.17) is 11.6 Å². The fraction of sp³-hybridized carbons (Fsp3) is 0.176. The second kappa shape index (κ2) is 8.81. The summed E-state index contributed by atoms with van der Waals surface area (Å²) in [6.07, 6.45) is 2.09. The number of anilines is 1. The summed E-state index contributed by atoms with van der Waals surface area (Å²) in [5, 5.41) is 15.0. The van der Waals surface area contributed by atoms with E-state index in [0.29, 0.717) is 10.6 Å².